The summed E-state index contributed by atoms with van der Waals surface area (Å²) in [6.45, 7) is 3.90. The number of hydrogen-bond acceptors (Lipinski definition) is 3. The molecule has 0 unspecified atom stereocenters. The Hall–Kier alpha value is -2.33. The van der Waals surface area contributed by atoms with Crippen molar-refractivity contribution in [3.63, 3.8) is 0 Å². The van der Waals surface area contributed by atoms with Crippen molar-refractivity contribution < 1.29 is 14.3 Å². The number of para-hydroxylation sites is 1. The summed E-state index contributed by atoms with van der Waals surface area (Å²) in [5, 5.41) is 3.43. The van der Waals surface area contributed by atoms with E-state index in [9.17, 15) is 9.59 Å². The van der Waals surface area contributed by atoms with Crippen molar-refractivity contribution in [2.45, 2.75) is 32.6 Å². The van der Waals surface area contributed by atoms with Gasteiger partial charge >= 0.3 is 5.97 Å². The van der Waals surface area contributed by atoms with Gasteiger partial charge in [0.25, 0.3) is 5.91 Å². The second kappa shape index (κ2) is 9.23. The number of nitrogens with one attached hydrogen (secondary N) is 1. The van der Waals surface area contributed by atoms with E-state index in [1.54, 1.807) is 24.3 Å². The Balaban J connectivity index is 1.86. The first kappa shape index (κ1) is 19.0. The number of rotatable bonds is 7. The smallest absolute Gasteiger partial charge is 0.310 e. The molecule has 0 aliphatic heterocycles. The number of esters is 1. The van der Waals surface area contributed by atoms with E-state index in [0.717, 1.165) is 23.2 Å². The van der Waals surface area contributed by atoms with Gasteiger partial charge in [-0.25, -0.2) is 0 Å². The van der Waals surface area contributed by atoms with E-state index < -0.39 is 5.97 Å². The van der Waals surface area contributed by atoms with Crippen molar-refractivity contribution in [3.8, 4) is 0 Å². The van der Waals surface area contributed by atoms with Crippen molar-refractivity contribution in [1.82, 2.24) is 0 Å². The van der Waals surface area contributed by atoms with E-state index in [4.69, 9.17) is 16.3 Å². The van der Waals surface area contributed by atoms with E-state index in [0.29, 0.717) is 10.9 Å². The summed E-state index contributed by atoms with van der Waals surface area (Å²) in [5.74, 6) is -0.461. The average Bonchev–Trinajstić information content (AvgIpc) is 2.62. The molecule has 0 heterocycles. The number of halogens is 1. The van der Waals surface area contributed by atoms with Crippen molar-refractivity contribution in [3.05, 3.63) is 64.7 Å². The molecule has 0 spiro atoms. The molecule has 25 heavy (non-hydrogen) atoms. The number of carbonyl (C=O) groups excluding carboxylic acids is 2. The monoisotopic (exact) mass is 359 g/mol. The molecule has 0 saturated heterocycles. The van der Waals surface area contributed by atoms with Gasteiger partial charge in [-0.3, -0.25) is 9.59 Å². The lowest BCUT2D eigenvalue weighted by Gasteiger charge is -2.15. The molecule has 0 radical (unpaired) electrons. The van der Waals surface area contributed by atoms with Crippen LogP contribution in [0.2, 0.25) is 5.02 Å². The van der Waals surface area contributed by atoms with Crippen LogP contribution in [0.4, 0.5) is 5.69 Å². The lowest BCUT2D eigenvalue weighted by molar-refractivity contribution is -0.146. The Kier molecular flexibility index (Phi) is 7.02. The van der Waals surface area contributed by atoms with Gasteiger partial charge < -0.3 is 10.1 Å². The molecule has 0 fully saturated rings. The van der Waals surface area contributed by atoms with Gasteiger partial charge in [-0.2, -0.15) is 0 Å². The zero-order valence-electron chi connectivity index (χ0n) is 14.4. The van der Waals surface area contributed by atoms with Crippen molar-refractivity contribution in [1.29, 1.82) is 0 Å². The molecule has 0 aromatic heterocycles. The molecule has 5 heteroatoms. The minimum atomic E-state index is -0.451. The van der Waals surface area contributed by atoms with Crippen LogP contribution in [0, 0.1) is 0 Å². The number of ether oxygens (including phenoxy) is 1. The quantitative estimate of drug-likeness (QED) is 0.736. The van der Waals surface area contributed by atoms with Crippen molar-refractivity contribution in [2.75, 3.05) is 11.9 Å². The highest BCUT2D eigenvalue weighted by atomic mass is 35.5. The second-order valence-corrected chi connectivity index (χ2v) is 6.35. The summed E-state index contributed by atoms with van der Waals surface area (Å²) in [6, 6.07) is 14.6. The first-order chi connectivity index (χ1) is 12.0. The Morgan fingerprint density at radius 2 is 1.80 bits per heavy atom. The number of anilines is 1. The van der Waals surface area contributed by atoms with Gasteiger partial charge in [-0.15, -0.1) is 0 Å². The minimum absolute atomic E-state index is 0.105. The van der Waals surface area contributed by atoms with Gasteiger partial charge in [0.05, 0.1) is 6.42 Å². The number of amides is 1. The van der Waals surface area contributed by atoms with E-state index in [1.165, 1.54) is 0 Å². The summed E-state index contributed by atoms with van der Waals surface area (Å²) in [4.78, 5) is 23.9. The summed E-state index contributed by atoms with van der Waals surface area (Å²) in [7, 11) is 0. The maximum Gasteiger partial charge on any atom is 0.310 e. The molecular weight excluding hydrogens is 338 g/mol. The Bertz CT molecular complexity index is 728. The van der Waals surface area contributed by atoms with Gasteiger partial charge in [-0.05, 0) is 41.7 Å². The van der Waals surface area contributed by atoms with Gasteiger partial charge in [0.15, 0.2) is 6.61 Å². The Labute approximate surface area is 153 Å². The zero-order chi connectivity index (χ0) is 18.2. The van der Waals surface area contributed by atoms with E-state index in [2.05, 4.69) is 19.2 Å². The summed E-state index contributed by atoms with van der Waals surface area (Å²) >= 11 is 5.80. The Morgan fingerprint density at radius 1 is 1.12 bits per heavy atom. The first-order valence-corrected chi connectivity index (χ1v) is 8.66. The standard InChI is InChI=1S/C20H22ClNO3/c1-3-14(2)17-6-4-5-7-18(17)22-19(23)13-25-20(24)12-15-8-10-16(21)11-9-15/h4-11,14H,3,12-13H2,1-2H3,(H,22,23)/t14-/m0/s1. The second-order valence-electron chi connectivity index (χ2n) is 5.91. The van der Waals surface area contributed by atoms with Gasteiger partial charge in [0.1, 0.15) is 0 Å². The summed E-state index contributed by atoms with van der Waals surface area (Å²) in [5.41, 5.74) is 2.62. The van der Waals surface area contributed by atoms with Crippen LogP contribution in [0.15, 0.2) is 48.5 Å². The molecule has 132 valence electrons. The molecule has 0 bridgehead atoms. The predicted molar refractivity (Wildman–Crippen MR) is 99.9 cm³/mol. The lowest BCUT2D eigenvalue weighted by Crippen LogP contribution is -2.22. The largest absolute Gasteiger partial charge is 0.455 e. The van der Waals surface area contributed by atoms with E-state index >= 15 is 0 Å². The predicted octanol–water partition coefficient (Wildman–Crippen LogP) is 4.58. The number of benzene rings is 2. The molecule has 2 aromatic carbocycles. The summed E-state index contributed by atoms with van der Waals surface area (Å²) < 4.78 is 5.05. The van der Waals surface area contributed by atoms with Crippen molar-refractivity contribution >= 4 is 29.2 Å². The highest BCUT2D eigenvalue weighted by Crippen LogP contribution is 2.26. The topological polar surface area (TPSA) is 55.4 Å². The lowest BCUT2D eigenvalue weighted by atomic mass is 9.97. The molecule has 2 aromatic rings. The zero-order valence-corrected chi connectivity index (χ0v) is 15.2. The third-order valence-corrected chi connectivity index (χ3v) is 4.26. The fraction of sp³-hybridized carbons (Fsp3) is 0.300. The fourth-order valence-corrected chi connectivity index (χ4v) is 2.54. The third kappa shape index (κ3) is 5.91. The first-order valence-electron chi connectivity index (χ1n) is 8.28. The van der Waals surface area contributed by atoms with E-state index in [-0.39, 0.29) is 18.9 Å². The molecule has 0 aliphatic carbocycles. The molecular formula is C20H22ClNO3. The molecule has 1 amide bonds. The van der Waals surface area contributed by atoms with Crippen LogP contribution in [-0.4, -0.2) is 18.5 Å². The summed E-state index contributed by atoms with van der Waals surface area (Å²) in [6.07, 6.45) is 1.08. The normalized spacial score (nSPS) is 11.6. The fourth-order valence-electron chi connectivity index (χ4n) is 2.41. The van der Waals surface area contributed by atoms with Crippen LogP contribution in [0.1, 0.15) is 37.3 Å². The van der Waals surface area contributed by atoms with Crippen LogP contribution in [0.3, 0.4) is 0 Å². The number of hydrogen-bond donors (Lipinski definition) is 1. The minimum Gasteiger partial charge on any atom is -0.455 e. The third-order valence-electron chi connectivity index (χ3n) is 4.00. The van der Waals surface area contributed by atoms with E-state index in [1.807, 2.05) is 24.3 Å². The average molecular weight is 360 g/mol. The molecule has 0 aliphatic rings. The highest BCUT2D eigenvalue weighted by molar-refractivity contribution is 6.30. The molecule has 1 N–H and O–H groups in total. The van der Waals surface area contributed by atoms with Crippen LogP contribution in [0.25, 0.3) is 0 Å². The molecule has 4 nitrogen and oxygen atoms in total. The highest BCUT2D eigenvalue weighted by Gasteiger charge is 2.13. The van der Waals surface area contributed by atoms with Crippen LogP contribution < -0.4 is 5.32 Å². The SMILES string of the molecule is CC[C@H](C)c1ccccc1NC(=O)COC(=O)Cc1ccc(Cl)cc1. The van der Waals surface area contributed by atoms with Crippen LogP contribution in [-0.2, 0) is 20.7 Å². The maximum absolute atomic E-state index is 12.1. The van der Waals surface area contributed by atoms with Gasteiger partial charge in [0.2, 0.25) is 0 Å². The van der Waals surface area contributed by atoms with Gasteiger partial charge in [0, 0.05) is 10.7 Å². The Morgan fingerprint density at radius 3 is 2.48 bits per heavy atom. The maximum atomic E-state index is 12.1. The van der Waals surface area contributed by atoms with Crippen molar-refractivity contribution in [2.24, 2.45) is 0 Å². The van der Waals surface area contributed by atoms with Gasteiger partial charge in [-0.1, -0.05) is 55.8 Å². The van der Waals surface area contributed by atoms with Crippen LogP contribution >= 0.6 is 11.6 Å². The molecule has 1 atom stereocenters. The molecule has 0 saturated carbocycles. The molecule has 2 rings (SSSR count). The van der Waals surface area contributed by atoms with Crippen LogP contribution in [0.5, 0.6) is 0 Å². The number of carbonyl (C=O) groups is 2.